The van der Waals surface area contributed by atoms with Crippen LogP contribution in [0.25, 0.3) is 10.2 Å². The van der Waals surface area contributed by atoms with Gasteiger partial charge in [0.2, 0.25) is 0 Å². The zero-order valence-corrected chi connectivity index (χ0v) is 19.6. The summed E-state index contributed by atoms with van der Waals surface area (Å²) in [6.07, 6.45) is 5.99. The van der Waals surface area contributed by atoms with Crippen LogP contribution in [0, 0.1) is 0 Å². The molecule has 0 unspecified atom stereocenters. The van der Waals surface area contributed by atoms with Crippen LogP contribution in [0.5, 0.6) is 0 Å². The van der Waals surface area contributed by atoms with Crippen molar-refractivity contribution in [3.05, 3.63) is 16.3 Å². The van der Waals surface area contributed by atoms with Crippen molar-refractivity contribution >= 4 is 27.4 Å². The second-order valence-corrected chi connectivity index (χ2v) is 10.7. The summed E-state index contributed by atoms with van der Waals surface area (Å²) in [5, 5.41) is 1.33. The number of nitrogens with one attached hydrogen (secondary N) is 1. The monoisotopic (exact) mass is 431 g/mol. The van der Waals surface area contributed by atoms with Crippen LogP contribution in [0.2, 0.25) is 0 Å². The van der Waals surface area contributed by atoms with Crippen LogP contribution in [0.4, 0.5) is 5.82 Å². The van der Waals surface area contributed by atoms with Crippen LogP contribution in [-0.2, 0) is 28.9 Å². The van der Waals surface area contributed by atoms with E-state index in [0.29, 0.717) is 12.2 Å². The molecule has 30 heavy (non-hydrogen) atoms. The zero-order valence-electron chi connectivity index (χ0n) is 18.7. The van der Waals surface area contributed by atoms with Gasteiger partial charge in [0, 0.05) is 18.0 Å². The quantitative estimate of drug-likeness (QED) is 0.809. The molecule has 2 fully saturated rings. The van der Waals surface area contributed by atoms with Crippen LogP contribution in [0.1, 0.15) is 56.8 Å². The SMILES string of the molecule is C[C@@H]1CN(c2nc(C[NH+]3C[C@H](C)O[C@@H](C)C3)nc3sc4c(c23)CCCC4)C[C@H](C)O1. The molecule has 0 aromatic carbocycles. The van der Waals surface area contributed by atoms with Crippen molar-refractivity contribution in [3.63, 3.8) is 0 Å². The number of fused-ring (bicyclic) bond motifs is 3. The molecule has 1 N–H and O–H groups in total. The van der Waals surface area contributed by atoms with Gasteiger partial charge in [0.25, 0.3) is 0 Å². The molecule has 0 spiro atoms. The third-order valence-electron chi connectivity index (χ3n) is 6.59. The van der Waals surface area contributed by atoms with Gasteiger partial charge in [-0.25, -0.2) is 9.97 Å². The predicted molar refractivity (Wildman–Crippen MR) is 121 cm³/mol. The standard InChI is InChI=1S/C23H34N4O2S/c1-14-9-26(10-15(2)28-14)13-20-24-22(27-11-16(3)29-17(4)12-27)21-18-7-5-6-8-19(18)30-23(21)25-20/h14-17H,5-13H2,1-4H3/p+1/t14-,15-,16-,17+/m0/s1. The third-order valence-corrected chi connectivity index (χ3v) is 7.77. The van der Waals surface area contributed by atoms with Gasteiger partial charge < -0.3 is 19.3 Å². The number of thiophene rings is 1. The molecule has 164 valence electrons. The van der Waals surface area contributed by atoms with E-state index in [2.05, 4.69) is 32.6 Å². The molecule has 0 amide bonds. The Hall–Kier alpha value is -1.28. The van der Waals surface area contributed by atoms with Gasteiger partial charge in [0.05, 0.1) is 17.6 Å². The van der Waals surface area contributed by atoms with Crippen molar-refractivity contribution in [1.82, 2.24) is 9.97 Å². The second kappa shape index (κ2) is 8.34. The molecule has 4 heterocycles. The number of nitrogens with zero attached hydrogens (tertiary/aromatic N) is 3. The molecule has 2 aromatic heterocycles. The highest BCUT2D eigenvalue weighted by atomic mass is 32.1. The third kappa shape index (κ3) is 4.09. The van der Waals surface area contributed by atoms with E-state index >= 15 is 0 Å². The highest BCUT2D eigenvalue weighted by Gasteiger charge is 2.31. The Morgan fingerprint density at radius 1 is 0.933 bits per heavy atom. The van der Waals surface area contributed by atoms with Crippen molar-refractivity contribution in [2.24, 2.45) is 0 Å². The highest BCUT2D eigenvalue weighted by Crippen LogP contribution is 2.40. The maximum Gasteiger partial charge on any atom is 0.187 e. The minimum Gasteiger partial charge on any atom is -0.372 e. The number of aryl methyl sites for hydroxylation is 2. The molecule has 0 radical (unpaired) electrons. The lowest BCUT2D eigenvalue weighted by molar-refractivity contribution is -0.928. The molecule has 5 rings (SSSR count). The summed E-state index contributed by atoms with van der Waals surface area (Å²) in [4.78, 5) is 17.1. The highest BCUT2D eigenvalue weighted by molar-refractivity contribution is 7.19. The fraction of sp³-hybridized carbons (Fsp3) is 0.739. The summed E-state index contributed by atoms with van der Waals surface area (Å²) in [5.41, 5.74) is 1.52. The Kier molecular flexibility index (Phi) is 5.73. The van der Waals surface area contributed by atoms with Gasteiger partial charge in [-0.2, -0.15) is 0 Å². The maximum absolute atomic E-state index is 6.02. The largest absolute Gasteiger partial charge is 0.372 e. The fourth-order valence-electron chi connectivity index (χ4n) is 5.60. The van der Waals surface area contributed by atoms with Crippen molar-refractivity contribution in [3.8, 4) is 0 Å². The number of rotatable bonds is 3. The average Bonchev–Trinajstić information content (AvgIpc) is 3.04. The molecule has 0 bridgehead atoms. The lowest BCUT2D eigenvalue weighted by atomic mass is 9.96. The molecular weight excluding hydrogens is 396 g/mol. The number of hydrogen-bond acceptors (Lipinski definition) is 6. The van der Waals surface area contributed by atoms with Gasteiger partial charge in [0.1, 0.15) is 42.5 Å². The Balaban J connectivity index is 1.54. The molecule has 7 heteroatoms. The van der Waals surface area contributed by atoms with E-state index in [0.717, 1.165) is 44.4 Å². The molecule has 2 saturated heterocycles. The van der Waals surface area contributed by atoms with Crippen LogP contribution >= 0.6 is 11.3 Å². The van der Waals surface area contributed by atoms with E-state index in [1.807, 2.05) is 11.3 Å². The molecule has 2 aliphatic heterocycles. The molecule has 2 aromatic rings. The van der Waals surface area contributed by atoms with Crippen molar-refractivity contribution in [2.45, 2.75) is 84.3 Å². The van der Waals surface area contributed by atoms with Crippen LogP contribution in [0.15, 0.2) is 0 Å². The first kappa shape index (κ1) is 20.6. The first-order chi connectivity index (χ1) is 14.5. The number of anilines is 1. The predicted octanol–water partition coefficient (Wildman–Crippen LogP) is 2.38. The molecule has 3 aliphatic rings. The lowest BCUT2D eigenvalue weighted by Gasteiger charge is -2.37. The first-order valence-electron chi connectivity index (χ1n) is 11.7. The number of hydrogen-bond donors (Lipinski definition) is 1. The van der Waals surface area contributed by atoms with Crippen molar-refractivity contribution in [1.29, 1.82) is 0 Å². The summed E-state index contributed by atoms with van der Waals surface area (Å²) in [6.45, 7) is 13.4. The summed E-state index contributed by atoms with van der Waals surface area (Å²) in [7, 11) is 0. The molecular formula is C23H35N4O2S+. The zero-order chi connectivity index (χ0) is 20.8. The van der Waals surface area contributed by atoms with Crippen molar-refractivity contribution in [2.75, 3.05) is 31.1 Å². The summed E-state index contributed by atoms with van der Waals surface area (Å²) in [6, 6.07) is 0. The van der Waals surface area contributed by atoms with E-state index in [9.17, 15) is 0 Å². The first-order valence-corrected chi connectivity index (χ1v) is 12.5. The van der Waals surface area contributed by atoms with Crippen LogP contribution in [-0.4, -0.2) is 60.6 Å². The molecule has 0 saturated carbocycles. The van der Waals surface area contributed by atoms with Gasteiger partial charge in [-0.15, -0.1) is 11.3 Å². The van der Waals surface area contributed by atoms with E-state index in [4.69, 9.17) is 19.4 Å². The lowest BCUT2D eigenvalue weighted by Crippen LogP contribution is -3.14. The number of ether oxygens (including phenoxy) is 2. The van der Waals surface area contributed by atoms with E-state index in [-0.39, 0.29) is 12.2 Å². The summed E-state index contributed by atoms with van der Waals surface area (Å²) in [5.74, 6) is 2.14. The Morgan fingerprint density at radius 3 is 2.33 bits per heavy atom. The summed E-state index contributed by atoms with van der Waals surface area (Å²) >= 11 is 1.91. The van der Waals surface area contributed by atoms with E-state index in [1.54, 1.807) is 4.88 Å². The Bertz CT molecular complexity index is 896. The average molecular weight is 432 g/mol. The second-order valence-electron chi connectivity index (χ2n) is 9.61. The fourth-order valence-corrected chi connectivity index (χ4v) is 6.87. The van der Waals surface area contributed by atoms with Gasteiger partial charge in [-0.3, -0.25) is 0 Å². The maximum atomic E-state index is 6.02. The number of morpholine rings is 2. The van der Waals surface area contributed by atoms with Gasteiger partial charge in [-0.05, 0) is 58.9 Å². The minimum atomic E-state index is 0.225. The summed E-state index contributed by atoms with van der Waals surface area (Å²) < 4.78 is 12.0. The minimum absolute atomic E-state index is 0.225. The van der Waals surface area contributed by atoms with E-state index < -0.39 is 0 Å². The molecule has 6 nitrogen and oxygen atoms in total. The molecule has 4 atom stereocenters. The normalized spacial score (nSPS) is 32.4. The van der Waals surface area contributed by atoms with Crippen LogP contribution < -0.4 is 9.80 Å². The van der Waals surface area contributed by atoms with E-state index in [1.165, 1.54) is 46.4 Å². The topological polar surface area (TPSA) is 51.9 Å². The Morgan fingerprint density at radius 2 is 1.60 bits per heavy atom. The Labute approximate surface area is 183 Å². The van der Waals surface area contributed by atoms with Gasteiger partial charge >= 0.3 is 0 Å². The number of quaternary nitrogens is 1. The van der Waals surface area contributed by atoms with Crippen molar-refractivity contribution < 1.29 is 14.4 Å². The van der Waals surface area contributed by atoms with Gasteiger partial charge in [0.15, 0.2) is 5.82 Å². The van der Waals surface area contributed by atoms with Crippen LogP contribution in [0.3, 0.4) is 0 Å². The molecule has 1 aliphatic carbocycles. The van der Waals surface area contributed by atoms with Gasteiger partial charge in [-0.1, -0.05) is 0 Å². The number of aromatic nitrogens is 2. The smallest absolute Gasteiger partial charge is 0.187 e.